The lowest BCUT2D eigenvalue weighted by atomic mass is 9.91. The standard InChI is InChI=1S/C23H31N3O2/c1-23(2,3)28-22(27)26-21-9-7-20(8-10-21)25-16-17-5-4-6-19(15-17)18-11-13-24-14-12-18/h4-6,11-15,20-21,25H,7-10,16H2,1-3H3,(H,26,27)/t20-,21+. The highest BCUT2D eigenvalue weighted by atomic mass is 16.6. The number of nitrogens with zero attached hydrogens (tertiary/aromatic N) is 1. The van der Waals surface area contributed by atoms with Crippen LogP contribution in [0.25, 0.3) is 11.1 Å². The van der Waals surface area contributed by atoms with Crippen molar-refractivity contribution in [2.75, 3.05) is 0 Å². The van der Waals surface area contributed by atoms with Gasteiger partial charge in [-0.25, -0.2) is 4.79 Å². The Morgan fingerprint density at radius 1 is 1.04 bits per heavy atom. The smallest absolute Gasteiger partial charge is 0.407 e. The van der Waals surface area contributed by atoms with Crippen molar-refractivity contribution in [3.8, 4) is 11.1 Å². The molecule has 1 fully saturated rings. The molecular weight excluding hydrogens is 350 g/mol. The molecule has 1 amide bonds. The van der Waals surface area contributed by atoms with Crippen molar-refractivity contribution in [3.05, 3.63) is 54.4 Å². The SMILES string of the molecule is CC(C)(C)OC(=O)N[C@H]1CC[C@@H](NCc2cccc(-c3ccncc3)c2)CC1. The first kappa shape index (κ1) is 20.3. The zero-order valence-corrected chi connectivity index (χ0v) is 17.1. The largest absolute Gasteiger partial charge is 0.444 e. The number of benzene rings is 1. The summed E-state index contributed by atoms with van der Waals surface area (Å²) in [5, 5.41) is 6.67. The van der Waals surface area contributed by atoms with Gasteiger partial charge in [0.25, 0.3) is 0 Å². The Balaban J connectivity index is 1.44. The van der Waals surface area contributed by atoms with Crippen molar-refractivity contribution >= 4 is 6.09 Å². The quantitative estimate of drug-likeness (QED) is 0.790. The monoisotopic (exact) mass is 381 g/mol. The second kappa shape index (κ2) is 9.20. The lowest BCUT2D eigenvalue weighted by Crippen LogP contribution is -2.43. The second-order valence-corrected chi connectivity index (χ2v) is 8.51. The van der Waals surface area contributed by atoms with Crippen LogP contribution in [0.4, 0.5) is 4.79 Å². The van der Waals surface area contributed by atoms with Gasteiger partial charge in [0.15, 0.2) is 0 Å². The number of hydrogen-bond acceptors (Lipinski definition) is 4. The maximum Gasteiger partial charge on any atom is 0.407 e. The van der Waals surface area contributed by atoms with Gasteiger partial charge in [-0.15, -0.1) is 0 Å². The Hall–Kier alpha value is -2.40. The molecule has 5 heteroatoms. The molecule has 0 bridgehead atoms. The van der Waals surface area contributed by atoms with E-state index < -0.39 is 5.60 Å². The molecule has 2 aromatic rings. The van der Waals surface area contributed by atoms with Gasteiger partial charge in [-0.1, -0.05) is 18.2 Å². The lowest BCUT2D eigenvalue weighted by molar-refractivity contribution is 0.0489. The van der Waals surface area contributed by atoms with E-state index in [1.807, 2.05) is 45.3 Å². The number of carbonyl (C=O) groups is 1. The van der Waals surface area contributed by atoms with Crippen molar-refractivity contribution in [3.63, 3.8) is 0 Å². The fourth-order valence-electron chi connectivity index (χ4n) is 3.58. The molecule has 5 nitrogen and oxygen atoms in total. The van der Waals surface area contributed by atoms with E-state index in [1.54, 1.807) is 0 Å². The molecule has 2 N–H and O–H groups in total. The molecule has 0 radical (unpaired) electrons. The third-order valence-corrected chi connectivity index (χ3v) is 4.98. The Morgan fingerprint density at radius 3 is 2.39 bits per heavy atom. The van der Waals surface area contributed by atoms with Crippen molar-refractivity contribution < 1.29 is 9.53 Å². The molecule has 1 aliphatic carbocycles. The number of amides is 1. The van der Waals surface area contributed by atoms with Crippen molar-refractivity contribution in [1.82, 2.24) is 15.6 Å². The van der Waals surface area contributed by atoms with Gasteiger partial charge >= 0.3 is 6.09 Å². The fourth-order valence-corrected chi connectivity index (χ4v) is 3.58. The van der Waals surface area contributed by atoms with Gasteiger partial charge in [-0.05, 0) is 81.3 Å². The Bertz CT molecular complexity index is 763. The van der Waals surface area contributed by atoms with E-state index in [0.29, 0.717) is 6.04 Å². The maximum atomic E-state index is 11.9. The van der Waals surface area contributed by atoms with Gasteiger partial charge in [0.2, 0.25) is 0 Å². The Kier molecular flexibility index (Phi) is 6.68. The molecule has 150 valence electrons. The number of aromatic nitrogens is 1. The summed E-state index contributed by atoms with van der Waals surface area (Å²) in [5.74, 6) is 0. The van der Waals surface area contributed by atoms with Gasteiger partial charge in [-0.3, -0.25) is 4.98 Å². The number of hydrogen-bond donors (Lipinski definition) is 2. The minimum atomic E-state index is -0.451. The van der Waals surface area contributed by atoms with Crippen molar-refractivity contribution in [2.24, 2.45) is 0 Å². The molecule has 0 spiro atoms. The summed E-state index contributed by atoms with van der Waals surface area (Å²) in [6, 6.07) is 13.4. The van der Waals surface area contributed by atoms with Crippen LogP contribution in [0.3, 0.4) is 0 Å². The normalized spacial score (nSPS) is 19.8. The predicted octanol–water partition coefficient (Wildman–Crippen LogP) is 4.67. The highest BCUT2D eigenvalue weighted by Crippen LogP contribution is 2.22. The minimum absolute atomic E-state index is 0.211. The fraction of sp³-hybridized carbons (Fsp3) is 0.478. The van der Waals surface area contributed by atoms with Crippen LogP contribution in [0.5, 0.6) is 0 Å². The average molecular weight is 382 g/mol. The van der Waals surface area contributed by atoms with Crippen molar-refractivity contribution in [1.29, 1.82) is 0 Å². The van der Waals surface area contributed by atoms with E-state index >= 15 is 0 Å². The minimum Gasteiger partial charge on any atom is -0.444 e. The predicted molar refractivity (Wildman–Crippen MR) is 112 cm³/mol. The number of ether oxygens (including phenoxy) is 1. The highest BCUT2D eigenvalue weighted by Gasteiger charge is 2.24. The zero-order valence-electron chi connectivity index (χ0n) is 17.1. The summed E-state index contributed by atoms with van der Waals surface area (Å²) < 4.78 is 5.35. The molecular formula is C23H31N3O2. The summed E-state index contributed by atoms with van der Waals surface area (Å²) in [4.78, 5) is 16.0. The third kappa shape index (κ3) is 6.34. The van der Waals surface area contributed by atoms with Crippen LogP contribution in [0, 0.1) is 0 Å². The first-order chi connectivity index (χ1) is 13.4. The summed E-state index contributed by atoms with van der Waals surface area (Å²) in [6.45, 7) is 6.51. The number of alkyl carbamates (subject to hydrolysis) is 1. The molecule has 1 aromatic heterocycles. The number of rotatable bonds is 5. The Morgan fingerprint density at radius 2 is 1.71 bits per heavy atom. The third-order valence-electron chi connectivity index (χ3n) is 4.98. The first-order valence-corrected chi connectivity index (χ1v) is 10.1. The first-order valence-electron chi connectivity index (χ1n) is 10.1. The van der Waals surface area contributed by atoms with E-state index in [4.69, 9.17) is 4.74 Å². The van der Waals surface area contributed by atoms with Crippen LogP contribution in [0.15, 0.2) is 48.8 Å². The number of carbonyl (C=O) groups excluding carboxylic acids is 1. The van der Waals surface area contributed by atoms with E-state index in [9.17, 15) is 4.79 Å². The molecule has 1 aromatic carbocycles. The number of nitrogens with one attached hydrogen (secondary N) is 2. The summed E-state index contributed by atoms with van der Waals surface area (Å²) >= 11 is 0. The maximum absolute atomic E-state index is 11.9. The average Bonchev–Trinajstić information content (AvgIpc) is 2.67. The van der Waals surface area contributed by atoms with E-state index in [1.165, 1.54) is 16.7 Å². The van der Waals surface area contributed by atoms with Gasteiger partial charge in [0, 0.05) is 31.0 Å². The zero-order chi connectivity index (χ0) is 20.0. The van der Waals surface area contributed by atoms with E-state index in [-0.39, 0.29) is 12.1 Å². The van der Waals surface area contributed by atoms with Crippen LogP contribution in [-0.4, -0.2) is 28.8 Å². The van der Waals surface area contributed by atoms with Gasteiger partial charge < -0.3 is 15.4 Å². The molecule has 0 aliphatic heterocycles. The Labute approximate surface area is 167 Å². The van der Waals surface area contributed by atoms with Gasteiger partial charge in [0.05, 0.1) is 0 Å². The molecule has 0 saturated heterocycles. The van der Waals surface area contributed by atoms with Crippen LogP contribution < -0.4 is 10.6 Å². The molecule has 0 atom stereocenters. The molecule has 0 unspecified atom stereocenters. The molecule has 28 heavy (non-hydrogen) atoms. The van der Waals surface area contributed by atoms with Gasteiger partial charge in [-0.2, -0.15) is 0 Å². The molecule has 1 saturated carbocycles. The van der Waals surface area contributed by atoms with Crippen LogP contribution >= 0.6 is 0 Å². The highest BCUT2D eigenvalue weighted by molar-refractivity contribution is 5.68. The van der Waals surface area contributed by atoms with E-state index in [2.05, 4.69) is 39.9 Å². The molecule has 3 rings (SSSR count). The van der Waals surface area contributed by atoms with Crippen LogP contribution in [0.2, 0.25) is 0 Å². The second-order valence-electron chi connectivity index (χ2n) is 8.51. The molecule has 1 heterocycles. The van der Waals surface area contributed by atoms with E-state index in [0.717, 1.165) is 32.2 Å². The van der Waals surface area contributed by atoms with Crippen LogP contribution in [0.1, 0.15) is 52.0 Å². The summed E-state index contributed by atoms with van der Waals surface area (Å²) in [7, 11) is 0. The molecule has 1 aliphatic rings. The summed E-state index contributed by atoms with van der Waals surface area (Å²) in [6.07, 6.45) is 7.42. The summed E-state index contributed by atoms with van der Waals surface area (Å²) in [5.41, 5.74) is 3.23. The van der Waals surface area contributed by atoms with Crippen LogP contribution in [-0.2, 0) is 11.3 Å². The van der Waals surface area contributed by atoms with Crippen molar-refractivity contribution in [2.45, 2.75) is 70.7 Å². The van der Waals surface area contributed by atoms with Gasteiger partial charge in [0.1, 0.15) is 5.60 Å². The topological polar surface area (TPSA) is 63.2 Å². The lowest BCUT2D eigenvalue weighted by Gasteiger charge is -2.30. The number of pyridine rings is 1.